The largest absolute Gasteiger partial charge is 0.388 e. The molecule has 2 rings (SSSR count). The van der Waals surface area contributed by atoms with Crippen molar-refractivity contribution in [2.45, 2.75) is 25.4 Å². The van der Waals surface area contributed by atoms with Gasteiger partial charge in [-0.15, -0.1) is 0 Å². The minimum Gasteiger partial charge on any atom is -0.388 e. The van der Waals surface area contributed by atoms with Gasteiger partial charge in [0.15, 0.2) is 0 Å². The van der Waals surface area contributed by atoms with E-state index in [2.05, 4.69) is 12.1 Å². The van der Waals surface area contributed by atoms with Crippen molar-refractivity contribution in [1.29, 1.82) is 0 Å². The molecule has 1 aliphatic rings. The third-order valence-corrected chi connectivity index (χ3v) is 3.37. The summed E-state index contributed by atoms with van der Waals surface area (Å²) in [6.45, 7) is 2.14. The molecule has 1 aromatic carbocycles. The van der Waals surface area contributed by atoms with Crippen molar-refractivity contribution < 1.29 is 9.84 Å². The second-order valence-electron chi connectivity index (χ2n) is 4.71. The van der Waals surface area contributed by atoms with Crippen molar-refractivity contribution >= 4 is 0 Å². The summed E-state index contributed by atoms with van der Waals surface area (Å²) in [5.41, 5.74) is 7.73. The highest BCUT2D eigenvalue weighted by Gasteiger charge is 2.23. The van der Waals surface area contributed by atoms with Crippen molar-refractivity contribution in [1.82, 2.24) is 0 Å². The van der Waals surface area contributed by atoms with E-state index in [1.807, 2.05) is 12.1 Å². The van der Waals surface area contributed by atoms with E-state index in [9.17, 15) is 5.11 Å². The van der Waals surface area contributed by atoms with E-state index in [0.717, 1.165) is 31.4 Å². The Labute approximate surface area is 103 Å². The van der Waals surface area contributed by atoms with Crippen LogP contribution in [0.4, 0.5) is 0 Å². The third kappa shape index (κ3) is 3.28. The molecule has 0 saturated carbocycles. The Bertz CT molecular complexity index is 348. The molecule has 2 atom stereocenters. The summed E-state index contributed by atoms with van der Waals surface area (Å²) in [7, 11) is 0. The van der Waals surface area contributed by atoms with Crippen LogP contribution in [-0.4, -0.2) is 24.9 Å². The number of hydrogen-bond donors (Lipinski definition) is 2. The Balaban J connectivity index is 2.06. The maximum absolute atomic E-state index is 10.3. The number of rotatable bonds is 4. The van der Waals surface area contributed by atoms with Crippen molar-refractivity contribution in [3.05, 3.63) is 35.4 Å². The maximum atomic E-state index is 10.3. The van der Waals surface area contributed by atoms with E-state index < -0.39 is 6.10 Å². The van der Waals surface area contributed by atoms with Crippen LogP contribution in [0.3, 0.4) is 0 Å². The highest BCUT2D eigenvalue weighted by atomic mass is 16.5. The van der Waals surface area contributed by atoms with E-state index in [1.54, 1.807) is 0 Å². The van der Waals surface area contributed by atoms with Crippen molar-refractivity contribution in [2.24, 2.45) is 11.7 Å². The van der Waals surface area contributed by atoms with Gasteiger partial charge in [0, 0.05) is 12.5 Å². The summed E-state index contributed by atoms with van der Waals surface area (Å²) in [6, 6.07) is 8.10. The van der Waals surface area contributed by atoms with Crippen molar-refractivity contribution in [2.75, 3.05) is 19.8 Å². The molecule has 1 fully saturated rings. The minimum absolute atomic E-state index is 0.233. The molecule has 94 valence electrons. The molecule has 0 aliphatic carbocycles. The van der Waals surface area contributed by atoms with E-state index in [1.165, 1.54) is 5.56 Å². The molecule has 1 saturated heterocycles. The summed E-state index contributed by atoms with van der Waals surface area (Å²) < 4.78 is 5.42. The Morgan fingerprint density at radius 1 is 1.47 bits per heavy atom. The monoisotopic (exact) mass is 235 g/mol. The summed E-state index contributed by atoms with van der Waals surface area (Å²) in [6.07, 6.45) is 2.54. The zero-order valence-corrected chi connectivity index (χ0v) is 10.1. The Morgan fingerprint density at radius 3 is 3.06 bits per heavy atom. The fraction of sp³-hybridized carbons (Fsp3) is 0.571. The average Bonchev–Trinajstić information content (AvgIpc) is 2.40. The summed E-state index contributed by atoms with van der Waals surface area (Å²) in [4.78, 5) is 0. The predicted molar refractivity (Wildman–Crippen MR) is 67.7 cm³/mol. The van der Waals surface area contributed by atoms with Gasteiger partial charge in [0.05, 0.1) is 12.7 Å². The van der Waals surface area contributed by atoms with Gasteiger partial charge in [0.25, 0.3) is 0 Å². The first kappa shape index (κ1) is 12.6. The van der Waals surface area contributed by atoms with Gasteiger partial charge < -0.3 is 15.6 Å². The van der Waals surface area contributed by atoms with E-state index in [4.69, 9.17) is 10.5 Å². The molecule has 0 amide bonds. The molecule has 3 nitrogen and oxygen atoms in total. The van der Waals surface area contributed by atoms with Gasteiger partial charge in [0.1, 0.15) is 0 Å². The molecule has 3 heteroatoms. The molecule has 0 radical (unpaired) electrons. The first-order chi connectivity index (χ1) is 8.31. The van der Waals surface area contributed by atoms with Gasteiger partial charge in [-0.25, -0.2) is 0 Å². The standard InChI is InChI=1S/C14H21NO2/c15-7-6-11-3-1-4-12(9-11)14(16)13-5-2-8-17-10-13/h1,3-4,9,13-14,16H,2,5-8,10,15H2. The number of aliphatic hydroxyl groups is 1. The number of hydrogen-bond acceptors (Lipinski definition) is 3. The molecule has 17 heavy (non-hydrogen) atoms. The van der Waals surface area contributed by atoms with Gasteiger partial charge >= 0.3 is 0 Å². The molecular weight excluding hydrogens is 214 g/mol. The third-order valence-electron chi connectivity index (χ3n) is 3.37. The smallest absolute Gasteiger partial charge is 0.0840 e. The number of ether oxygens (including phenoxy) is 1. The van der Waals surface area contributed by atoms with Gasteiger partial charge in [-0.2, -0.15) is 0 Å². The molecule has 0 spiro atoms. The molecular formula is C14H21NO2. The van der Waals surface area contributed by atoms with Crippen molar-refractivity contribution in [3.8, 4) is 0 Å². The van der Waals surface area contributed by atoms with Crippen LogP contribution in [0.1, 0.15) is 30.1 Å². The maximum Gasteiger partial charge on any atom is 0.0840 e. The first-order valence-corrected chi connectivity index (χ1v) is 6.36. The molecule has 0 aromatic heterocycles. The lowest BCUT2D eigenvalue weighted by Gasteiger charge is -2.27. The molecule has 1 aliphatic heterocycles. The molecule has 2 unspecified atom stereocenters. The van der Waals surface area contributed by atoms with Crippen LogP contribution in [0.5, 0.6) is 0 Å². The van der Waals surface area contributed by atoms with Crippen LogP contribution >= 0.6 is 0 Å². The van der Waals surface area contributed by atoms with Crippen LogP contribution < -0.4 is 5.73 Å². The fourth-order valence-electron chi connectivity index (χ4n) is 2.39. The van der Waals surface area contributed by atoms with Crippen LogP contribution in [0.25, 0.3) is 0 Å². The Kier molecular flexibility index (Phi) is 4.54. The quantitative estimate of drug-likeness (QED) is 0.834. The summed E-state index contributed by atoms with van der Waals surface area (Å²) in [5, 5.41) is 10.3. The Morgan fingerprint density at radius 2 is 2.35 bits per heavy atom. The van der Waals surface area contributed by atoms with Gasteiger partial charge in [-0.3, -0.25) is 0 Å². The lowest BCUT2D eigenvalue weighted by atomic mass is 9.90. The zero-order chi connectivity index (χ0) is 12.1. The lowest BCUT2D eigenvalue weighted by molar-refractivity contribution is -0.00998. The molecule has 1 heterocycles. The Hall–Kier alpha value is -0.900. The zero-order valence-electron chi connectivity index (χ0n) is 10.1. The van der Waals surface area contributed by atoms with Crippen LogP contribution in [0.2, 0.25) is 0 Å². The predicted octanol–water partition coefficient (Wildman–Crippen LogP) is 1.65. The second kappa shape index (κ2) is 6.15. The SMILES string of the molecule is NCCc1cccc(C(O)C2CCCOC2)c1. The summed E-state index contributed by atoms with van der Waals surface area (Å²) in [5.74, 6) is 0.233. The van der Waals surface area contributed by atoms with Crippen molar-refractivity contribution in [3.63, 3.8) is 0 Å². The normalized spacial score (nSPS) is 22.4. The number of benzene rings is 1. The lowest BCUT2D eigenvalue weighted by Crippen LogP contribution is -2.23. The van der Waals surface area contributed by atoms with Crippen LogP contribution in [-0.2, 0) is 11.2 Å². The van der Waals surface area contributed by atoms with E-state index in [0.29, 0.717) is 13.2 Å². The topological polar surface area (TPSA) is 55.5 Å². The van der Waals surface area contributed by atoms with Crippen LogP contribution in [0.15, 0.2) is 24.3 Å². The van der Waals surface area contributed by atoms with Gasteiger partial charge in [-0.05, 0) is 36.9 Å². The molecule has 3 N–H and O–H groups in total. The van der Waals surface area contributed by atoms with Gasteiger partial charge in [-0.1, -0.05) is 24.3 Å². The second-order valence-corrected chi connectivity index (χ2v) is 4.71. The minimum atomic E-state index is -0.409. The first-order valence-electron chi connectivity index (χ1n) is 6.36. The highest BCUT2D eigenvalue weighted by Crippen LogP contribution is 2.29. The fourth-order valence-corrected chi connectivity index (χ4v) is 2.39. The molecule has 0 bridgehead atoms. The number of aliphatic hydroxyl groups excluding tert-OH is 1. The van der Waals surface area contributed by atoms with Crippen LogP contribution in [0, 0.1) is 5.92 Å². The summed E-state index contributed by atoms with van der Waals surface area (Å²) >= 11 is 0. The molecule has 1 aromatic rings. The highest BCUT2D eigenvalue weighted by molar-refractivity contribution is 5.26. The average molecular weight is 235 g/mol. The van der Waals surface area contributed by atoms with Gasteiger partial charge in [0.2, 0.25) is 0 Å². The van der Waals surface area contributed by atoms with E-state index >= 15 is 0 Å². The number of nitrogens with two attached hydrogens (primary N) is 1. The van der Waals surface area contributed by atoms with E-state index in [-0.39, 0.29) is 5.92 Å².